The van der Waals surface area contributed by atoms with Crippen LogP contribution in [0.3, 0.4) is 0 Å². The van der Waals surface area contributed by atoms with Gasteiger partial charge in [0.15, 0.2) is 0 Å². The Morgan fingerprint density at radius 3 is 2.31 bits per heavy atom. The van der Waals surface area contributed by atoms with E-state index in [9.17, 15) is 13.2 Å². The number of nitrogens with one attached hydrogen (secondary N) is 2. The van der Waals surface area contributed by atoms with E-state index in [0.29, 0.717) is 11.4 Å². The first-order valence-electron chi connectivity index (χ1n) is 9.55. The first-order valence-corrected chi connectivity index (χ1v) is 9.55. The molecule has 3 aromatic rings. The van der Waals surface area contributed by atoms with Gasteiger partial charge in [-0.1, -0.05) is 44.5 Å². The molecule has 4 nitrogen and oxygen atoms in total. The Hall–Kier alpha value is -3.09. The number of nitrogens with zero attached hydrogens (tertiary/aromatic N) is 2. The van der Waals surface area contributed by atoms with Crippen LogP contribution < -0.4 is 10.6 Å². The summed E-state index contributed by atoms with van der Waals surface area (Å²) in [6, 6.07) is 14.9. The van der Waals surface area contributed by atoms with Gasteiger partial charge in [-0.2, -0.15) is 18.2 Å². The average molecular weight is 400 g/mol. The van der Waals surface area contributed by atoms with Crippen LogP contribution in [0.15, 0.2) is 54.7 Å². The van der Waals surface area contributed by atoms with Crippen LogP contribution in [-0.2, 0) is 19.0 Å². The molecular formula is C22H23F3N4. The van der Waals surface area contributed by atoms with Crippen molar-refractivity contribution in [1.29, 1.82) is 0 Å². The lowest BCUT2D eigenvalue weighted by Crippen LogP contribution is -2.12. The maximum atomic E-state index is 13.5. The maximum Gasteiger partial charge on any atom is 0.421 e. The molecule has 0 saturated heterocycles. The van der Waals surface area contributed by atoms with Crippen molar-refractivity contribution in [2.45, 2.75) is 39.3 Å². The lowest BCUT2D eigenvalue weighted by atomic mass is 10.1. The van der Waals surface area contributed by atoms with E-state index in [4.69, 9.17) is 0 Å². The zero-order valence-corrected chi connectivity index (χ0v) is 16.3. The summed E-state index contributed by atoms with van der Waals surface area (Å²) >= 11 is 0. The van der Waals surface area contributed by atoms with Crippen LogP contribution in [0.4, 0.5) is 36.3 Å². The molecule has 0 aliphatic heterocycles. The Kier molecular flexibility index (Phi) is 6.36. The minimum absolute atomic E-state index is 0.0921. The third-order valence-corrected chi connectivity index (χ3v) is 4.44. The number of alkyl halides is 3. The van der Waals surface area contributed by atoms with Crippen LogP contribution in [0.2, 0.25) is 0 Å². The second kappa shape index (κ2) is 8.94. The first kappa shape index (κ1) is 20.6. The van der Waals surface area contributed by atoms with Gasteiger partial charge in [-0.3, -0.25) is 0 Å². The second-order valence-electron chi connectivity index (χ2n) is 6.70. The zero-order chi connectivity index (χ0) is 20.9. The lowest BCUT2D eigenvalue weighted by molar-refractivity contribution is -0.137. The largest absolute Gasteiger partial charge is 0.421 e. The van der Waals surface area contributed by atoms with Gasteiger partial charge in [0.05, 0.1) is 0 Å². The molecule has 0 aliphatic rings. The highest BCUT2D eigenvalue weighted by Gasteiger charge is 2.35. The maximum absolute atomic E-state index is 13.5. The summed E-state index contributed by atoms with van der Waals surface area (Å²) in [6.45, 7) is 4.10. The summed E-state index contributed by atoms with van der Waals surface area (Å²) in [5, 5.41) is 5.77. The quantitative estimate of drug-likeness (QED) is 0.475. The number of benzene rings is 2. The number of rotatable bonds is 7. The highest BCUT2D eigenvalue weighted by molar-refractivity contribution is 5.63. The topological polar surface area (TPSA) is 49.8 Å². The minimum atomic E-state index is -4.56. The molecule has 0 saturated carbocycles. The summed E-state index contributed by atoms with van der Waals surface area (Å²) < 4.78 is 40.4. The molecule has 0 bridgehead atoms. The van der Waals surface area contributed by atoms with E-state index < -0.39 is 11.7 Å². The fraction of sp³-hybridized carbons (Fsp3) is 0.273. The van der Waals surface area contributed by atoms with E-state index >= 15 is 0 Å². The molecule has 3 rings (SSSR count). The molecule has 1 heterocycles. The van der Waals surface area contributed by atoms with Crippen molar-refractivity contribution in [2.24, 2.45) is 0 Å². The Morgan fingerprint density at radius 2 is 1.66 bits per heavy atom. The van der Waals surface area contributed by atoms with Crippen LogP contribution in [0, 0.1) is 0 Å². The number of anilines is 4. The molecule has 1 aromatic heterocycles. The molecule has 0 atom stereocenters. The SMILES string of the molecule is CCCc1cccc(Nc2nc(Nc3ccc(CC)cc3)ncc2C(F)(F)F)c1. The van der Waals surface area contributed by atoms with Gasteiger partial charge in [0.25, 0.3) is 0 Å². The van der Waals surface area contributed by atoms with Crippen LogP contribution in [0.5, 0.6) is 0 Å². The van der Waals surface area contributed by atoms with Crippen LogP contribution in [0.25, 0.3) is 0 Å². The number of aryl methyl sites for hydroxylation is 2. The molecule has 0 spiro atoms. The molecule has 0 unspecified atom stereocenters. The van der Waals surface area contributed by atoms with Gasteiger partial charge in [0.1, 0.15) is 11.4 Å². The van der Waals surface area contributed by atoms with Crippen molar-refractivity contribution < 1.29 is 13.2 Å². The Bertz CT molecular complexity index is 953. The molecule has 2 N–H and O–H groups in total. The van der Waals surface area contributed by atoms with Crippen molar-refractivity contribution in [3.63, 3.8) is 0 Å². The number of hydrogen-bond acceptors (Lipinski definition) is 4. The van der Waals surface area contributed by atoms with Crippen molar-refractivity contribution >= 4 is 23.1 Å². The third kappa shape index (κ3) is 5.47. The first-order chi connectivity index (χ1) is 13.9. The summed E-state index contributed by atoms with van der Waals surface area (Å²) in [7, 11) is 0. The standard InChI is InChI=1S/C22H23F3N4/c1-3-6-16-7-5-8-18(13-16)27-20-19(22(23,24)25)14-26-21(29-20)28-17-11-9-15(4-2)10-12-17/h5,7-14H,3-4,6H2,1-2H3,(H2,26,27,28,29). The predicted molar refractivity (Wildman–Crippen MR) is 110 cm³/mol. The summed E-state index contributed by atoms with van der Waals surface area (Å²) in [5.74, 6) is -0.191. The van der Waals surface area contributed by atoms with Crippen LogP contribution in [0.1, 0.15) is 37.0 Å². The Labute approximate surface area is 168 Å². The number of halogens is 3. The fourth-order valence-electron chi connectivity index (χ4n) is 2.93. The van der Waals surface area contributed by atoms with Crippen molar-refractivity contribution in [1.82, 2.24) is 9.97 Å². The van der Waals surface area contributed by atoms with Gasteiger partial charge in [-0.25, -0.2) is 4.98 Å². The molecular weight excluding hydrogens is 377 g/mol. The minimum Gasteiger partial charge on any atom is -0.340 e. The van der Waals surface area contributed by atoms with Gasteiger partial charge in [-0.15, -0.1) is 0 Å². The van der Waals surface area contributed by atoms with Gasteiger partial charge >= 0.3 is 6.18 Å². The van der Waals surface area contributed by atoms with Crippen molar-refractivity contribution in [3.05, 3.63) is 71.4 Å². The van der Waals surface area contributed by atoms with Gasteiger partial charge < -0.3 is 10.6 Å². The molecule has 0 radical (unpaired) electrons. The summed E-state index contributed by atoms with van der Waals surface area (Å²) in [4.78, 5) is 7.94. The Balaban J connectivity index is 1.90. The average Bonchev–Trinajstić information content (AvgIpc) is 2.68. The molecule has 0 amide bonds. The second-order valence-corrected chi connectivity index (χ2v) is 6.70. The van der Waals surface area contributed by atoms with E-state index in [1.165, 1.54) is 5.56 Å². The molecule has 0 aliphatic carbocycles. The Morgan fingerprint density at radius 1 is 0.897 bits per heavy atom. The summed E-state index contributed by atoms with van der Waals surface area (Å²) in [5.41, 5.74) is 2.56. The summed E-state index contributed by atoms with van der Waals surface area (Å²) in [6.07, 6.45) is -1.05. The van der Waals surface area contributed by atoms with E-state index in [2.05, 4.69) is 34.4 Å². The van der Waals surface area contributed by atoms with Gasteiger partial charge in [0, 0.05) is 17.6 Å². The fourth-order valence-corrected chi connectivity index (χ4v) is 2.93. The highest BCUT2D eigenvalue weighted by Crippen LogP contribution is 2.35. The van der Waals surface area contributed by atoms with Gasteiger partial charge in [-0.05, 0) is 48.2 Å². The lowest BCUT2D eigenvalue weighted by Gasteiger charge is -2.15. The van der Waals surface area contributed by atoms with E-state index in [0.717, 1.165) is 31.0 Å². The van der Waals surface area contributed by atoms with Gasteiger partial charge in [0.2, 0.25) is 5.95 Å². The van der Waals surface area contributed by atoms with Crippen molar-refractivity contribution in [2.75, 3.05) is 10.6 Å². The predicted octanol–water partition coefficient (Wildman–Crippen LogP) is 6.50. The van der Waals surface area contributed by atoms with Crippen LogP contribution >= 0.6 is 0 Å². The smallest absolute Gasteiger partial charge is 0.340 e. The molecule has 0 fully saturated rings. The number of hydrogen-bond donors (Lipinski definition) is 2. The van der Waals surface area contributed by atoms with E-state index in [1.54, 1.807) is 6.07 Å². The monoisotopic (exact) mass is 400 g/mol. The van der Waals surface area contributed by atoms with E-state index in [-0.39, 0.29) is 11.8 Å². The third-order valence-electron chi connectivity index (χ3n) is 4.44. The zero-order valence-electron chi connectivity index (χ0n) is 16.3. The molecule has 29 heavy (non-hydrogen) atoms. The molecule has 7 heteroatoms. The number of aromatic nitrogens is 2. The normalized spacial score (nSPS) is 11.3. The van der Waals surface area contributed by atoms with Crippen LogP contribution in [-0.4, -0.2) is 9.97 Å². The van der Waals surface area contributed by atoms with Crippen molar-refractivity contribution in [3.8, 4) is 0 Å². The molecule has 2 aromatic carbocycles. The van der Waals surface area contributed by atoms with E-state index in [1.807, 2.05) is 42.5 Å². The molecule has 152 valence electrons. The highest BCUT2D eigenvalue weighted by atomic mass is 19.4.